The Balaban J connectivity index is 1.84. The largest absolute Gasteiger partial charge is 0.359 e. The average Bonchev–Trinajstić information content (AvgIpc) is 2.67. The van der Waals surface area contributed by atoms with E-state index in [-0.39, 0.29) is 0 Å². The molecule has 9 heteroatoms. The van der Waals surface area contributed by atoms with Crippen molar-refractivity contribution in [2.45, 2.75) is 29.9 Å². The lowest BCUT2D eigenvalue weighted by Crippen LogP contribution is -2.35. The normalized spacial score (nSPS) is 16.6. The van der Waals surface area contributed by atoms with Gasteiger partial charge in [0.15, 0.2) is 10.3 Å². The topological polar surface area (TPSA) is 78.9 Å². The molecule has 0 aliphatic carbocycles. The van der Waals surface area contributed by atoms with Crippen LogP contribution in [0.4, 0.5) is 11.8 Å². The highest BCUT2D eigenvalue weighted by atomic mass is 32.2. The Morgan fingerprint density at radius 1 is 1.41 bits per heavy atom. The number of nitrogens with one attached hydrogen (secondary N) is 2. The van der Waals surface area contributed by atoms with Crippen LogP contribution in [0.3, 0.4) is 0 Å². The summed E-state index contributed by atoms with van der Waals surface area (Å²) in [5.74, 6) is 2.00. The summed E-state index contributed by atoms with van der Waals surface area (Å²) < 4.78 is 0. The number of hydrogen-bond donors (Lipinski definition) is 2. The fourth-order valence-corrected chi connectivity index (χ4v) is 3.71. The minimum absolute atomic E-state index is 0.464. The second-order valence-corrected chi connectivity index (χ2v) is 7.73. The Bertz CT molecular complexity index is 785. The highest BCUT2D eigenvalue weighted by Crippen LogP contribution is 2.28. The molecule has 2 aromatic heterocycles. The minimum atomic E-state index is 0.464. The van der Waals surface area contributed by atoms with Gasteiger partial charge in [-0.25, -0.2) is 15.0 Å². The molecule has 7 nitrogen and oxygen atoms in total. The summed E-state index contributed by atoms with van der Waals surface area (Å²) in [4.78, 5) is 20.1. The van der Waals surface area contributed by atoms with Crippen molar-refractivity contribution in [2.24, 2.45) is 5.92 Å². The minimum Gasteiger partial charge on any atom is -0.359 e. The molecule has 27 heavy (non-hydrogen) atoms. The Morgan fingerprint density at radius 3 is 2.96 bits per heavy atom. The van der Waals surface area contributed by atoms with Gasteiger partial charge >= 0.3 is 0 Å². The van der Waals surface area contributed by atoms with Crippen LogP contribution in [-0.2, 0) is 0 Å². The zero-order valence-electron chi connectivity index (χ0n) is 15.3. The summed E-state index contributed by atoms with van der Waals surface area (Å²) in [5.41, 5.74) is 0. The van der Waals surface area contributed by atoms with Crippen LogP contribution in [0.2, 0.25) is 0 Å². The van der Waals surface area contributed by atoms with Gasteiger partial charge in [-0.15, -0.1) is 6.58 Å². The van der Waals surface area contributed by atoms with Crippen molar-refractivity contribution in [1.82, 2.24) is 25.3 Å². The molecular formula is C18H23N7S2. The van der Waals surface area contributed by atoms with Gasteiger partial charge in [-0.05, 0) is 48.8 Å². The predicted octanol–water partition coefficient (Wildman–Crippen LogP) is 3.13. The highest BCUT2D eigenvalue weighted by Gasteiger charge is 2.19. The zero-order chi connectivity index (χ0) is 19.1. The number of piperidine rings is 1. The van der Waals surface area contributed by atoms with Gasteiger partial charge in [0.25, 0.3) is 0 Å². The maximum Gasteiger partial charge on any atom is 0.232 e. The molecule has 1 aliphatic heterocycles. The van der Waals surface area contributed by atoms with E-state index < -0.39 is 0 Å². The third-order valence-electron chi connectivity index (χ3n) is 4.04. The summed E-state index contributed by atoms with van der Waals surface area (Å²) in [6.45, 7) is 8.51. The van der Waals surface area contributed by atoms with Crippen molar-refractivity contribution >= 4 is 40.9 Å². The van der Waals surface area contributed by atoms with Crippen LogP contribution in [-0.4, -0.2) is 44.7 Å². The van der Waals surface area contributed by atoms with Gasteiger partial charge in [-0.2, -0.15) is 4.98 Å². The number of thiocarbonyl (C=S) groups is 1. The first-order valence-electron chi connectivity index (χ1n) is 8.88. The lowest BCUT2D eigenvalue weighted by Gasteiger charge is -2.32. The molecule has 3 rings (SSSR count). The zero-order valence-corrected chi connectivity index (χ0v) is 16.9. The Morgan fingerprint density at radius 2 is 2.22 bits per heavy atom. The van der Waals surface area contributed by atoms with Crippen molar-refractivity contribution in [3.8, 4) is 0 Å². The van der Waals surface area contributed by atoms with Gasteiger partial charge in [-0.1, -0.05) is 13.0 Å². The summed E-state index contributed by atoms with van der Waals surface area (Å²) in [6, 6.07) is 3.78. The summed E-state index contributed by atoms with van der Waals surface area (Å²) in [7, 11) is 0. The standard InChI is InChI=1S/C18H23N7S2/c1-3-7-19-17(26)24-16-22-14(25-10-4-6-13(2)12-25)11-15(23-16)27-18-20-8-5-9-21-18/h3,5,8-9,11,13H,1,4,6-7,10,12H2,2H3,(H2,19,22,23,24,26). The molecule has 0 amide bonds. The Labute approximate surface area is 169 Å². The third kappa shape index (κ3) is 5.86. The number of nitrogens with zero attached hydrogens (tertiary/aromatic N) is 5. The van der Waals surface area contributed by atoms with Gasteiger partial charge in [0, 0.05) is 38.1 Å². The van der Waals surface area contributed by atoms with E-state index in [9.17, 15) is 0 Å². The van der Waals surface area contributed by atoms with E-state index in [1.54, 1.807) is 24.5 Å². The van der Waals surface area contributed by atoms with Gasteiger partial charge in [0.2, 0.25) is 5.95 Å². The molecule has 142 valence electrons. The van der Waals surface area contributed by atoms with Crippen molar-refractivity contribution in [1.29, 1.82) is 0 Å². The lowest BCUT2D eigenvalue weighted by molar-refractivity contribution is 0.444. The monoisotopic (exact) mass is 401 g/mol. The molecule has 1 atom stereocenters. The number of hydrogen-bond acceptors (Lipinski definition) is 7. The van der Waals surface area contributed by atoms with Crippen LogP contribution in [0, 0.1) is 5.92 Å². The molecule has 0 aromatic carbocycles. The van der Waals surface area contributed by atoms with Crippen molar-refractivity contribution < 1.29 is 0 Å². The first kappa shape index (κ1) is 19.5. The van der Waals surface area contributed by atoms with Gasteiger partial charge < -0.3 is 15.5 Å². The molecule has 0 bridgehead atoms. The fourth-order valence-electron chi connectivity index (χ4n) is 2.82. The SMILES string of the molecule is C=CCNC(=S)Nc1nc(Sc2ncccn2)cc(N2CCCC(C)C2)n1. The van der Waals surface area contributed by atoms with E-state index in [2.05, 4.69) is 49.0 Å². The van der Waals surface area contributed by atoms with Gasteiger partial charge in [-0.3, -0.25) is 0 Å². The molecule has 1 fully saturated rings. The van der Waals surface area contributed by atoms with Crippen molar-refractivity contribution in [2.75, 3.05) is 29.9 Å². The summed E-state index contributed by atoms with van der Waals surface area (Å²) in [6.07, 6.45) is 7.60. The molecule has 2 N–H and O–H groups in total. The van der Waals surface area contributed by atoms with Crippen LogP contribution >= 0.6 is 24.0 Å². The number of rotatable bonds is 6. The molecule has 0 spiro atoms. The fraction of sp³-hybridized carbons (Fsp3) is 0.389. The molecule has 3 heterocycles. The van der Waals surface area contributed by atoms with E-state index in [0.717, 1.165) is 30.4 Å². The van der Waals surface area contributed by atoms with Crippen LogP contribution in [0.25, 0.3) is 0 Å². The summed E-state index contributed by atoms with van der Waals surface area (Å²) in [5, 5.41) is 7.98. The van der Waals surface area contributed by atoms with Gasteiger partial charge in [0.05, 0.1) is 0 Å². The molecule has 1 saturated heterocycles. The first-order valence-corrected chi connectivity index (χ1v) is 10.1. The molecule has 1 aliphatic rings. The molecule has 0 saturated carbocycles. The van der Waals surface area contributed by atoms with Crippen LogP contribution < -0.4 is 15.5 Å². The van der Waals surface area contributed by atoms with E-state index in [0.29, 0.717) is 28.7 Å². The summed E-state index contributed by atoms with van der Waals surface area (Å²) >= 11 is 6.70. The van der Waals surface area contributed by atoms with E-state index in [1.165, 1.54) is 18.2 Å². The number of aromatic nitrogens is 4. The molecule has 0 radical (unpaired) electrons. The van der Waals surface area contributed by atoms with Crippen molar-refractivity contribution in [3.05, 3.63) is 37.2 Å². The Kier molecular flexibility index (Phi) is 6.94. The quantitative estimate of drug-likeness (QED) is 0.328. The predicted molar refractivity (Wildman–Crippen MR) is 113 cm³/mol. The molecule has 2 aromatic rings. The second kappa shape index (κ2) is 9.61. The van der Waals surface area contributed by atoms with Crippen LogP contribution in [0.15, 0.2) is 47.4 Å². The molecular weight excluding hydrogens is 378 g/mol. The first-order chi connectivity index (χ1) is 13.1. The number of anilines is 2. The second-order valence-electron chi connectivity index (χ2n) is 6.34. The van der Waals surface area contributed by atoms with Crippen LogP contribution in [0.5, 0.6) is 0 Å². The smallest absolute Gasteiger partial charge is 0.232 e. The maximum atomic E-state index is 5.30. The average molecular weight is 402 g/mol. The van der Waals surface area contributed by atoms with E-state index in [1.807, 2.05) is 6.07 Å². The van der Waals surface area contributed by atoms with E-state index >= 15 is 0 Å². The maximum absolute atomic E-state index is 5.30. The lowest BCUT2D eigenvalue weighted by atomic mass is 10.0. The third-order valence-corrected chi connectivity index (χ3v) is 5.10. The van der Waals surface area contributed by atoms with Gasteiger partial charge in [0.1, 0.15) is 10.8 Å². The van der Waals surface area contributed by atoms with Crippen molar-refractivity contribution in [3.63, 3.8) is 0 Å². The molecule has 1 unspecified atom stereocenters. The highest BCUT2D eigenvalue weighted by molar-refractivity contribution is 7.99. The van der Waals surface area contributed by atoms with E-state index in [4.69, 9.17) is 12.2 Å². The van der Waals surface area contributed by atoms with Crippen LogP contribution in [0.1, 0.15) is 19.8 Å². The Hall–Kier alpha value is -2.26.